The SMILES string of the molecule is CCCCCCOC(=O)c1ccc2nc(N)sc2c1. The third-order valence-corrected chi connectivity index (χ3v) is 3.72. The van der Waals surface area contributed by atoms with Crippen molar-refractivity contribution in [1.29, 1.82) is 0 Å². The van der Waals surface area contributed by atoms with Gasteiger partial charge in [0, 0.05) is 0 Å². The van der Waals surface area contributed by atoms with Crippen molar-refractivity contribution in [3.05, 3.63) is 23.8 Å². The summed E-state index contributed by atoms with van der Waals surface area (Å²) in [5.74, 6) is -0.273. The largest absolute Gasteiger partial charge is 0.462 e. The molecular formula is C14H18N2O2S. The molecule has 0 fully saturated rings. The lowest BCUT2D eigenvalue weighted by atomic mass is 10.2. The van der Waals surface area contributed by atoms with Crippen LogP contribution >= 0.6 is 11.3 Å². The number of ether oxygens (including phenoxy) is 1. The fraction of sp³-hybridized carbons (Fsp3) is 0.429. The molecule has 0 spiro atoms. The number of hydrogen-bond donors (Lipinski definition) is 1. The van der Waals surface area contributed by atoms with E-state index in [-0.39, 0.29) is 5.97 Å². The van der Waals surface area contributed by atoms with E-state index in [0.717, 1.165) is 23.1 Å². The quantitative estimate of drug-likeness (QED) is 0.647. The van der Waals surface area contributed by atoms with E-state index in [2.05, 4.69) is 11.9 Å². The first-order valence-electron chi connectivity index (χ1n) is 6.54. The van der Waals surface area contributed by atoms with Crippen LogP contribution in [0.1, 0.15) is 43.0 Å². The number of unbranched alkanes of at least 4 members (excludes halogenated alkanes) is 3. The van der Waals surface area contributed by atoms with E-state index in [0.29, 0.717) is 17.3 Å². The summed E-state index contributed by atoms with van der Waals surface area (Å²) in [7, 11) is 0. The molecule has 0 aliphatic carbocycles. The van der Waals surface area contributed by atoms with Crippen LogP contribution in [0.2, 0.25) is 0 Å². The number of carbonyl (C=O) groups excluding carboxylic acids is 1. The molecular weight excluding hydrogens is 260 g/mol. The number of nitrogen functional groups attached to an aromatic ring is 1. The highest BCUT2D eigenvalue weighted by Crippen LogP contribution is 2.24. The van der Waals surface area contributed by atoms with Crippen molar-refractivity contribution >= 4 is 32.7 Å². The molecule has 0 aliphatic heterocycles. The lowest BCUT2D eigenvalue weighted by Crippen LogP contribution is -2.06. The van der Waals surface area contributed by atoms with Crippen molar-refractivity contribution < 1.29 is 9.53 Å². The average Bonchev–Trinajstić information content (AvgIpc) is 2.77. The number of nitrogens with zero attached hydrogens (tertiary/aromatic N) is 1. The lowest BCUT2D eigenvalue weighted by molar-refractivity contribution is 0.0498. The van der Waals surface area contributed by atoms with Crippen LogP contribution in [0.15, 0.2) is 18.2 Å². The summed E-state index contributed by atoms with van der Waals surface area (Å²) in [6.07, 6.45) is 4.39. The first-order valence-corrected chi connectivity index (χ1v) is 7.35. The van der Waals surface area contributed by atoms with Gasteiger partial charge in [-0.3, -0.25) is 0 Å². The highest BCUT2D eigenvalue weighted by Gasteiger charge is 2.09. The molecule has 0 amide bonds. The van der Waals surface area contributed by atoms with Crippen LogP contribution < -0.4 is 5.73 Å². The minimum Gasteiger partial charge on any atom is -0.462 e. The fourth-order valence-corrected chi connectivity index (χ4v) is 2.62. The number of fused-ring (bicyclic) bond motifs is 1. The molecule has 4 nitrogen and oxygen atoms in total. The van der Waals surface area contributed by atoms with Gasteiger partial charge in [-0.05, 0) is 24.6 Å². The third-order valence-electron chi connectivity index (χ3n) is 2.87. The zero-order valence-corrected chi connectivity index (χ0v) is 11.8. The molecule has 2 aromatic rings. The highest BCUT2D eigenvalue weighted by atomic mass is 32.1. The van der Waals surface area contributed by atoms with Gasteiger partial charge in [-0.15, -0.1) is 0 Å². The Morgan fingerprint density at radius 2 is 2.21 bits per heavy atom. The van der Waals surface area contributed by atoms with Crippen LogP contribution in [0, 0.1) is 0 Å². The first kappa shape index (κ1) is 13.8. The van der Waals surface area contributed by atoms with E-state index in [1.807, 2.05) is 0 Å². The van der Waals surface area contributed by atoms with E-state index >= 15 is 0 Å². The Kier molecular flexibility index (Phi) is 4.74. The molecule has 1 aromatic carbocycles. The van der Waals surface area contributed by atoms with Crippen molar-refractivity contribution in [2.24, 2.45) is 0 Å². The summed E-state index contributed by atoms with van der Waals surface area (Å²) >= 11 is 1.38. The molecule has 0 atom stereocenters. The number of anilines is 1. The van der Waals surface area contributed by atoms with E-state index in [1.165, 1.54) is 24.2 Å². The van der Waals surface area contributed by atoms with Crippen LogP contribution in [-0.2, 0) is 4.74 Å². The van der Waals surface area contributed by atoms with Gasteiger partial charge in [-0.25, -0.2) is 9.78 Å². The molecule has 2 rings (SSSR count). The van der Waals surface area contributed by atoms with Crippen LogP contribution in [0.4, 0.5) is 5.13 Å². The fourth-order valence-electron chi connectivity index (χ4n) is 1.85. The van der Waals surface area contributed by atoms with Gasteiger partial charge in [0.05, 0.1) is 22.4 Å². The van der Waals surface area contributed by atoms with Crippen molar-refractivity contribution in [3.63, 3.8) is 0 Å². The molecule has 19 heavy (non-hydrogen) atoms. The van der Waals surface area contributed by atoms with E-state index in [4.69, 9.17) is 10.5 Å². The number of thiazole rings is 1. The summed E-state index contributed by atoms with van der Waals surface area (Å²) in [5.41, 5.74) is 7.02. The minimum atomic E-state index is -0.273. The van der Waals surface area contributed by atoms with Crippen molar-refractivity contribution in [2.45, 2.75) is 32.6 Å². The van der Waals surface area contributed by atoms with E-state index in [9.17, 15) is 4.79 Å². The topological polar surface area (TPSA) is 65.2 Å². The van der Waals surface area contributed by atoms with Crippen molar-refractivity contribution in [2.75, 3.05) is 12.3 Å². The molecule has 0 radical (unpaired) electrons. The molecule has 0 saturated heterocycles. The molecule has 102 valence electrons. The molecule has 0 aliphatic rings. The van der Waals surface area contributed by atoms with Crippen molar-refractivity contribution in [3.8, 4) is 0 Å². The molecule has 1 heterocycles. The summed E-state index contributed by atoms with van der Waals surface area (Å²) in [6, 6.07) is 5.32. The van der Waals surface area contributed by atoms with Crippen molar-refractivity contribution in [1.82, 2.24) is 4.98 Å². The number of aromatic nitrogens is 1. The van der Waals surface area contributed by atoms with Crippen LogP contribution in [-0.4, -0.2) is 17.6 Å². The van der Waals surface area contributed by atoms with Gasteiger partial charge in [-0.2, -0.15) is 0 Å². The number of nitrogens with two attached hydrogens (primary N) is 1. The zero-order valence-electron chi connectivity index (χ0n) is 11.0. The normalized spacial score (nSPS) is 10.8. The second-order valence-corrected chi connectivity index (χ2v) is 5.49. The van der Waals surface area contributed by atoms with Gasteiger partial charge in [0.15, 0.2) is 5.13 Å². The monoisotopic (exact) mass is 278 g/mol. The Morgan fingerprint density at radius 3 is 3.00 bits per heavy atom. The second-order valence-electron chi connectivity index (χ2n) is 4.43. The predicted octanol–water partition coefficient (Wildman–Crippen LogP) is 3.62. The highest BCUT2D eigenvalue weighted by molar-refractivity contribution is 7.22. The summed E-state index contributed by atoms with van der Waals surface area (Å²) < 4.78 is 6.16. The predicted molar refractivity (Wildman–Crippen MR) is 78.5 cm³/mol. The maximum absolute atomic E-state index is 11.9. The van der Waals surface area contributed by atoms with Gasteiger partial charge >= 0.3 is 5.97 Å². The summed E-state index contributed by atoms with van der Waals surface area (Å²) in [6.45, 7) is 2.64. The number of benzene rings is 1. The number of hydrogen-bond acceptors (Lipinski definition) is 5. The van der Waals surface area contributed by atoms with Crippen LogP contribution in [0.3, 0.4) is 0 Å². The first-order chi connectivity index (χ1) is 9.20. The molecule has 0 saturated carbocycles. The standard InChI is InChI=1S/C14H18N2O2S/c1-2-3-4-5-8-18-13(17)10-6-7-11-12(9-10)19-14(15)16-11/h6-7,9H,2-5,8H2,1H3,(H2,15,16). The average molecular weight is 278 g/mol. The maximum Gasteiger partial charge on any atom is 0.338 e. The smallest absolute Gasteiger partial charge is 0.338 e. The summed E-state index contributed by atoms with van der Waals surface area (Å²) in [5, 5.41) is 0.514. The Hall–Kier alpha value is -1.62. The molecule has 0 unspecified atom stereocenters. The maximum atomic E-state index is 11.9. The molecule has 5 heteroatoms. The molecule has 1 aromatic heterocycles. The zero-order chi connectivity index (χ0) is 13.7. The Balaban J connectivity index is 1.93. The Bertz CT molecular complexity index is 566. The van der Waals surface area contributed by atoms with Crippen LogP contribution in [0.25, 0.3) is 10.2 Å². The summed E-state index contributed by atoms with van der Waals surface area (Å²) in [4.78, 5) is 16.0. The van der Waals surface area contributed by atoms with Gasteiger partial charge in [0.25, 0.3) is 0 Å². The number of esters is 1. The Morgan fingerprint density at radius 1 is 1.37 bits per heavy atom. The molecule has 0 bridgehead atoms. The lowest BCUT2D eigenvalue weighted by Gasteiger charge is -2.04. The second kappa shape index (κ2) is 6.52. The van der Waals surface area contributed by atoms with Gasteiger partial charge < -0.3 is 10.5 Å². The van der Waals surface area contributed by atoms with E-state index in [1.54, 1.807) is 18.2 Å². The van der Waals surface area contributed by atoms with Gasteiger partial charge in [0.2, 0.25) is 0 Å². The Labute approximate surface area is 116 Å². The molecule has 2 N–H and O–H groups in total. The third kappa shape index (κ3) is 3.67. The number of rotatable bonds is 6. The van der Waals surface area contributed by atoms with Crippen LogP contribution in [0.5, 0.6) is 0 Å². The minimum absolute atomic E-state index is 0.273. The van der Waals surface area contributed by atoms with Gasteiger partial charge in [-0.1, -0.05) is 37.5 Å². The van der Waals surface area contributed by atoms with E-state index < -0.39 is 0 Å². The number of carbonyl (C=O) groups is 1. The van der Waals surface area contributed by atoms with Gasteiger partial charge in [0.1, 0.15) is 0 Å².